The third-order valence-electron chi connectivity index (χ3n) is 4.03. The number of halogens is 1. The van der Waals surface area contributed by atoms with Crippen molar-refractivity contribution in [3.8, 4) is 11.6 Å². The Labute approximate surface area is 135 Å². The number of rotatable bonds is 4. The molecule has 22 heavy (non-hydrogen) atoms. The summed E-state index contributed by atoms with van der Waals surface area (Å²) in [5, 5.41) is -0.348. The van der Waals surface area contributed by atoms with Gasteiger partial charge in [-0.3, -0.25) is 0 Å². The Morgan fingerprint density at radius 2 is 2.00 bits per heavy atom. The van der Waals surface area contributed by atoms with Crippen molar-refractivity contribution in [1.29, 1.82) is 0 Å². The van der Waals surface area contributed by atoms with E-state index in [1.165, 1.54) is 0 Å². The van der Waals surface area contributed by atoms with Gasteiger partial charge in [-0.1, -0.05) is 6.07 Å². The largest absolute Gasteiger partial charge is 0.438 e. The molecule has 0 aliphatic carbocycles. The van der Waals surface area contributed by atoms with Gasteiger partial charge in [-0.15, -0.1) is 11.6 Å². The molecule has 0 fully saturated rings. The minimum absolute atomic E-state index is 0.348. The number of benzene rings is 1. The molecule has 1 aliphatic rings. The third kappa shape index (κ3) is 2.37. The first-order valence-corrected chi connectivity index (χ1v) is 7.54. The van der Waals surface area contributed by atoms with Crippen LogP contribution in [0.1, 0.15) is 23.6 Å². The molecule has 0 radical (unpaired) electrons. The first kappa shape index (κ1) is 15.3. The molecule has 2 aromatic rings. The highest BCUT2D eigenvalue weighted by molar-refractivity contribution is 6.21. The summed E-state index contributed by atoms with van der Waals surface area (Å²) in [6.07, 6.45) is 2.49. The number of hydrogen-bond donors (Lipinski definition) is 0. The van der Waals surface area contributed by atoms with Crippen molar-refractivity contribution in [3.63, 3.8) is 0 Å². The number of hydrogen-bond acceptors (Lipinski definition) is 4. The molecule has 5 heteroatoms. The zero-order chi connectivity index (χ0) is 15.7. The molecule has 0 bridgehead atoms. The zero-order valence-electron chi connectivity index (χ0n) is 12.8. The second-order valence-electron chi connectivity index (χ2n) is 5.26. The highest BCUT2D eigenvalue weighted by Gasteiger charge is 2.38. The van der Waals surface area contributed by atoms with E-state index in [2.05, 4.69) is 4.98 Å². The van der Waals surface area contributed by atoms with Crippen LogP contribution in [0.4, 0.5) is 0 Å². The van der Waals surface area contributed by atoms with Gasteiger partial charge in [-0.25, -0.2) is 4.98 Å². The molecule has 4 nitrogen and oxygen atoms in total. The summed E-state index contributed by atoms with van der Waals surface area (Å²) < 4.78 is 17.0. The van der Waals surface area contributed by atoms with E-state index in [0.29, 0.717) is 5.88 Å². The van der Waals surface area contributed by atoms with Gasteiger partial charge in [0.2, 0.25) is 11.7 Å². The molecule has 0 saturated heterocycles. The summed E-state index contributed by atoms with van der Waals surface area (Å²) in [7, 11) is 3.19. The summed E-state index contributed by atoms with van der Waals surface area (Å²) in [5.41, 5.74) is 3.00. The highest BCUT2D eigenvalue weighted by atomic mass is 35.5. The van der Waals surface area contributed by atoms with Crippen LogP contribution in [0.5, 0.6) is 11.6 Å². The molecule has 1 aromatic heterocycles. The Hall–Kier alpha value is -1.62. The van der Waals surface area contributed by atoms with Crippen molar-refractivity contribution < 1.29 is 14.2 Å². The van der Waals surface area contributed by atoms with Gasteiger partial charge in [0.25, 0.3) is 0 Å². The van der Waals surface area contributed by atoms with Gasteiger partial charge in [0.05, 0.1) is 5.38 Å². The Bertz CT molecular complexity index is 683. The molecule has 1 atom stereocenters. The quantitative estimate of drug-likeness (QED) is 0.541. The average Bonchev–Trinajstić information content (AvgIpc) is 2.54. The van der Waals surface area contributed by atoms with Crippen LogP contribution in [0.2, 0.25) is 0 Å². The van der Waals surface area contributed by atoms with E-state index in [0.717, 1.165) is 28.9 Å². The van der Waals surface area contributed by atoms with E-state index in [1.54, 1.807) is 20.4 Å². The minimum atomic E-state index is -0.980. The molecular weight excluding hydrogens is 302 g/mol. The topological polar surface area (TPSA) is 40.6 Å². The van der Waals surface area contributed by atoms with Crippen LogP contribution in [0.25, 0.3) is 0 Å². The normalized spacial score (nSPS) is 14.7. The molecule has 1 aromatic carbocycles. The molecule has 1 aliphatic heterocycles. The van der Waals surface area contributed by atoms with Gasteiger partial charge in [-0.2, -0.15) is 0 Å². The van der Waals surface area contributed by atoms with Gasteiger partial charge in [0.15, 0.2) is 0 Å². The predicted molar refractivity (Wildman–Crippen MR) is 84.6 cm³/mol. The van der Waals surface area contributed by atoms with Crippen molar-refractivity contribution in [2.75, 3.05) is 14.2 Å². The predicted octanol–water partition coefficient (Wildman–Crippen LogP) is 3.85. The lowest BCUT2D eigenvalue weighted by Crippen LogP contribution is -2.38. The van der Waals surface area contributed by atoms with Crippen LogP contribution in [0.3, 0.4) is 0 Å². The van der Waals surface area contributed by atoms with E-state index in [1.807, 2.05) is 37.3 Å². The lowest BCUT2D eigenvalue weighted by molar-refractivity contribution is -0.214. The van der Waals surface area contributed by atoms with Gasteiger partial charge >= 0.3 is 0 Å². The molecule has 0 N–H and O–H groups in total. The number of alkyl halides is 1. The molecule has 2 heterocycles. The summed E-state index contributed by atoms with van der Waals surface area (Å²) in [6.45, 7) is 1.85. The van der Waals surface area contributed by atoms with Crippen molar-refractivity contribution in [2.24, 2.45) is 0 Å². The van der Waals surface area contributed by atoms with Crippen molar-refractivity contribution in [1.82, 2.24) is 4.98 Å². The second-order valence-corrected chi connectivity index (χ2v) is 5.92. The Balaban J connectivity index is 2.02. The maximum absolute atomic E-state index is 6.31. The first-order valence-electron chi connectivity index (χ1n) is 7.10. The SMILES string of the molecule is COC(OC)(c1ccc2c(c1)Cc1cccnc1O2)C(C)Cl. The number of nitrogens with zero attached hydrogens (tertiary/aromatic N) is 1. The summed E-state index contributed by atoms with van der Waals surface area (Å²) in [4.78, 5) is 4.26. The Kier molecular flexibility index (Phi) is 4.08. The maximum Gasteiger partial charge on any atom is 0.222 e. The molecule has 0 spiro atoms. The number of methoxy groups -OCH3 is 2. The molecule has 0 amide bonds. The summed E-state index contributed by atoms with van der Waals surface area (Å²) >= 11 is 6.31. The molecule has 116 valence electrons. The lowest BCUT2D eigenvalue weighted by Gasteiger charge is -2.34. The summed E-state index contributed by atoms with van der Waals surface area (Å²) in [6, 6.07) is 9.78. The number of pyridine rings is 1. The zero-order valence-corrected chi connectivity index (χ0v) is 13.6. The van der Waals surface area contributed by atoms with E-state index in [-0.39, 0.29) is 5.38 Å². The lowest BCUT2D eigenvalue weighted by atomic mass is 9.95. The minimum Gasteiger partial charge on any atom is -0.438 e. The van der Waals surface area contributed by atoms with Crippen LogP contribution in [0, 0.1) is 0 Å². The van der Waals surface area contributed by atoms with Gasteiger partial charge in [0, 0.05) is 38.0 Å². The fraction of sp³-hybridized carbons (Fsp3) is 0.353. The molecule has 0 saturated carbocycles. The van der Waals surface area contributed by atoms with Gasteiger partial charge < -0.3 is 14.2 Å². The van der Waals surface area contributed by atoms with Gasteiger partial charge in [0.1, 0.15) is 5.75 Å². The highest BCUT2D eigenvalue weighted by Crippen LogP contribution is 2.39. The fourth-order valence-corrected chi connectivity index (χ4v) is 3.17. The number of ether oxygens (including phenoxy) is 3. The van der Waals surface area contributed by atoms with Crippen molar-refractivity contribution >= 4 is 11.6 Å². The van der Waals surface area contributed by atoms with Crippen LogP contribution >= 0.6 is 11.6 Å². The summed E-state index contributed by atoms with van der Waals surface area (Å²) in [5.74, 6) is 0.489. The monoisotopic (exact) mass is 319 g/mol. The molecule has 3 rings (SSSR count). The average molecular weight is 320 g/mol. The van der Waals surface area contributed by atoms with Crippen LogP contribution in [-0.2, 0) is 21.7 Å². The smallest absolute Gasteiger partial charge is 0.222 e. The third-order valence-corrected chi connectivity index (χ3v) is 4.32. The van der Waals surface area contributed by atoms with Gasteiger partial charge in [-0.05, 0) is 36.8 Å². The number of aromatic nitrogens is 1. The van der Waals surface area contributed by atoms with Crippen LogP contribution < -0.4 is 4.74 Å². The first-order chi connectivity index (χ1) is 10.6. The molecule has 1 unspecified atom stereocenters. The van der Waals surface area contributed by atoms with E-state index in [9.17, 15) is 0 Å². The fourth-order valence-electron chi connectivity index (χ4n) is 2.87. The van der Waals surface area contributed by atoms with E-state index in [4.69, 9.17) is 25.8 Å². The van der Waals surface area contributed by atoms with E-state index >= 15 is 0 Å². The second kappa shape index (κ2) is 5.88. The molecular formula is C17H18ClNO3. The standard InChI is InChI=1S/C17H18ClNO3/c1-11(18)17(20-2,21-3)14-6-7-15-13(10-14)9-12-5-4-8-19-16(12)22-15/h4-8,10-11H,9H2,1-3H3. The van der Waals surface area contributed by atoms with Crippen molar-refractivity contribution in [3.05, 3.63) is 53.2 Å². The van der Waals surface area contributed by atoms with Crippen LogP contribution in [-0.4, -0.2) is 24.6 Å². The van der Waals surface area contributed by atoms with Crippen molar-refractivity contribution in [2.45, 2.75) is 24.5 Å². The van der Waals surface area contributed by atoms with Crippen LogP contribution in [0.15, 0.2) is 36.5 Å². The Morgan fingerprint density at radius 3 is 2.68 bits per heavy atom. The Morgan fingerprint density at radius 1 is 1.23 bits per heavy atom. The van der Waals surface area contributed by atoms with E-state index < -0.39 is 5.79 Å². The number of fused-ring (bicyclic) bond motifs is 2. The maximum atomic E-state index is 6.31.